The van der Waals surface area contributed by atoms with E-state index in [4.69, 9.17) is 5.73 Å². The first-order valence-corrected chi connectivity index (χ1v) is 6.87. The Labute approximate surface area is 108 Å². The van der Waals surface area contributed by atoms with Crippen LogP contribution in [0.1, 0.15) is 50.7 Å². The summed E-state index contributed by atoms with van der Waals surface area (Å²) in [4.78, 5) is 0. The molecule has 1 aromatic carbocycles. The Balaban J connectivity index is 2.69. The van der Waals surface area contributed by atoms with Gasteiger partial charge in [-0.05, 0) is 49.3 Å². The summed E-state index contributed by atoms with van der Waals surface area (Å²) < 4.78 is 1.24. The van der Waals surface area contributed by atoms with Gasteiger partial charge < -0.3 is 5.73 Å². The molecule has 1 nitrogen and oxygen atoms in total. The third-order valence-electron chi connectivity index (χ3n) is 3.08. The minimum absolute atomic E-state index is 0.306. The maximum absolute atomic E-state index is 5.79. The molecule has 0 aliphatic carbocycles. The fraction of sp³-hybridized carbons (Fsp3) is 0.571. The van der Waals surface area contributed by atoms with Gasteiger partial charge in [0.1, 0.15) is 0 Å². The summed E-state index contributed by atoms with van der Waals surface area (Å²) in [7, 11) is 0. The van der Waals surface area contributed by atoms with Crippen molar-refractivity contribution in [1.82, 2.24) is 0 Å². The lowest BCUT2D eigenvalue weighted by atomic mass is 9.94. The molecule has 0 bridgehead atoms. The lowest BCUT2D eigenvalue weighted by Gasteiger charge is -2.14. The Morgan fingerprint density at radius 3 is 2.44 bits per heavy atom. The van der Waals surface area contributed by atoms with Gasteiger partial charge in [-0.1, -0.05) is 41.9 Å². The van der Waals surface area contributed by atoms with Gasteiger partial charge in [0, 0.05) is 10.5 Å². The third kappa shape index (κ3) is 3.91. The fourth-order valence-electron chi connectivity index (χ4n) is 1.84. The highest BCUT2D eigenvalue weighted by atomic mass is 79.9. The van der Waals surface area contributed by atoms with Crippen molar-refractivity contribution < 1.29 is 0 Å². The van der Waals surface area contributed by atoms with E-state index in [1.54, 1.807) is 0 Å². The zero-order chi connectivity index (χ0) is 12.1. The van der Waals surface area contributed by atoms with Gasteiger partial charge in [0.2, 0.25) is 0 Å². The molecule has 1 aromatic rings. The second-order valence-corrected chi connectivity index (χ2v) is 5.51. The van der Waals surface area contributed by atoms with Gasteiger partial charge in [0.15, 0.2) is 0 Å². The van der Waals surface area contributed by atoms with Crippen molar-refractivity contribution >= 4 is 15.9 Å². The van der Waals surface area contributed by atoms with E-state index in [0.29, 0.717) is 12.0 Å². The van der Waals surface area contributed by atoms with Crippen LogP contribution >= 0.6 is 15.9 Å². The van der Waals surface area contributed by atoms with E-state index < -0.39 is 0 Å². The summed E-state index contributed by atoms with van der Waals surface area (Å²) in [6.07, 6.45) is 3.33. The number of halogens is 1. The second kappa shape index (κ2) is 6.41. The average Bonchev–Trinajstić information content (AvgIpc) is 2.25. The van der Waals surface area contributed by atoms with Crippen molar-refractivity contribution in [3.8, 4) is 0 Å². The highest BCUT2D eigenvalue weighted by Gasteiger charge is 2.08. The molecule has 0 heterocycles. The maximum atomic E-state index is 5.79. The molecule has 0 saturated heterocycles. The number of benzene rings is 1. The highest BCUT2D eigenvalue weighted by Crippen LogP contribution is 2.26. The standard InChI is InChI=1S/C14H22BrN/c1-4-12-7-8-13(9-14(12)15)10(2)5-6-11(3)16/h7-11H,4-6,16H2,1-3H3. The number of hydrogen-bond donors (Lipinski definition) is 1. The number of hydrogen-bond acceptors (Lipinski definition) is 1. The van der Waals surface area contributed by atoms with Crippen LogP contribution in [-0.2, 0) is 6.42 Å². The normalized spacial score (nSPS) is 14.8. The number of aryl methyl sites for hydroxylation is 1. The van der Waals surface area contributed by atoms with Gasteiger partial charge in [-0.3, -0.25) is 0 Å². The fourth-order valence-corrected chi connectivity index (χ4v) is 2.51. The molecule has 0 radical (unpaired) electrons. The third-order valence-corrected chi connectivity index (χ3v) is 3.82. The van der Waals surface area contributed by atoms with Crippen LogP contribution in [0.15, 0.2) is 22.7 Å². The Hall–Kier alpha value is -0.340. The van der Waals surface area contributed by atoms with Gasteiger partial charge in [-0.25, -0.2) is 0 Å². The SMILES string of the molecule is CCc1ccc(C(C)CCC(C)N)cc1Br. The molecule has 0 aliphatic rings. The van der Waals surface area contributed by atoms with E-state index in [-0.39, 0.29) is 0 Å². The van der Waals surface area contributed by atoms with Crippen LogP contribution in [-0.4, -0.2) is 6.04 Å². The van der Waals surface area contributed by atoms with Crippen molar-refractivity contribution in [2.75, 3.05) is 0 Å². The predicted octanol–water partition coefficient (Wildman–Crippen LogP) is 4.24. The lowest BCUT2D eigenvalue weighted by Crippen LogP contribution is -2.15. The molecule has 0 aliphatic heterocycles. The molecule has 2 heteroatoms. The van der Waals surface area contributed by atoms with E-state index >= 15 is 0 Å². The minimum atomic E-state index is 0.306. The van der Waals surface area contributed by atoms with Crippen LogP contribution < -0.4 is 5.73 Å². The van der Waals surface area contributed by atoms with Crippen LogP contribution in [0.5, 0.6) is 0 Å². The van der Waals surface area contributed by atoms with Crippen molar-refractivity contribution in [3.05, 3.63) is 33.8 Å². The minimum Gasteiger partial charge on any atom is -0.328 e. The Morgan fingerprint density at radius 2 is 1.94 bits per heavy atom. The van der Waals surface area contributed by atoms with Crippen molar-refractivity contribution in [2.24, 2.45) is 5.73 Å². The molecule has 0 amide bonds. The zero-order valence-corrected chi connectivity index (χ0v) is 12.0. The van der Waals surface area contributed by atoms with Crippen LogP contribution in [0.25, 0.3) is 0 Å². The summed E-state index contributed by atoms with van der Waals surface area (Å²) in [5.74, 6) is 0.591. The first-order valence-electron chi connectivity index (χ1n) is 6.08. The molecule has 2 atom stereocenters. The van der Waals surface area contributed by atoms with E-state index in [1.165, 1.54) is 15.6 Å². The monoisotopic (exact) mass is 283 g/mol. The highest BCUT2D eigenvalue weighted by molar-refractivity contribution is 9.10. The van der Waals surface area contributed by atoms with Gasteiger partial charge in [-0.15, -0.1) is 0 Å². The number of rotatable bonds is 5. The molecule has 2 N–H and O–H groups in total. The van der Waals surface area contributed by atoms with E-state index in [9.17, 15) is 0 Å². The van der Waals surface area contributed by atoms with Crippen LogP contribution in [0.2, 0.25) is 0 Å². The number of nitrogens with two attached hydrogens (primary N) is 1. The van der Waals surface area contributed by atoms with Crippen molar-refractivity contribution in [1.29, 1.82) is 0 Å². The first kappa shape index (κ1) is 13.7. The Kier molecular flexibility index (Phi) is 5.50. The molecule has 1 rings (SSSR count). The van der Waals surface area contributed by atoms with Gasteiger partial charge in [-0.2, -0.15) is 0 Å². The average molecular weight is 284 g/mol. The van der Waals surface area contributed by atoms with Crippen LogP contribution in [0, 0.1) is 0 Å². The molecule has 0 aromatic heterocycles. The molecule has 2 unspecified atom stereocenters. The molecule has 0 spiro atoms. The summed E-state index contributed by atoms with van der Waals surface area (Å²) in [5, 5.41) is 0. The van der Waals surface area contributed by atoms with Crippen LogP contribution in [0.4, 0.5) is 0 Å². The molecular weight excluding hydrogens is 262 g/mol. The first-order chi connectivity index (χ1) is 7.54. The molecular formula is C14H22BrN. The topological polar surface area (TPSA) is 26.0 Å². The van der Waals surface area contributed by atoms with E-state index in [2.05, 4.69) is 54.9 Å². The van der Waals surface area contributed by atoms with Gasteiger partial charge in [0.05, 0.1) is 0 Å². The van der Waals surface area contributed by atoms with Crippen LogP contribution in [0.3, 0.4) is 0 Å². The summed E-state index contributed by atoms with van der Waals surface area (Å²) in [6, 6.07) is 7.03. The van der Waals surface area contributed by atoms with E-state index in [0.717, 1.165) is 19.3 Å². The zero-order valence-electron chi connectivity index (χ0n) is 10.5. The summed E-state index contributed by atoms with van der Waals surface area (Å²) in [5.41, 5.74) is 8.57. The van der Waals surface area contributed by atoms with Crippen molar-refractivity contribution in [3.63, 3.8) is 0 Å². The summed E-state index contributed by atoms with van der Waals surface area (Å²) in [6.45, 7) is 6.53. The smallest absolute Gasteiger partial charge is 0.0210 e. The van der Waals surface area contributed by atoms with Gasteiger partial charge in [0.25, 0.3) is 0 Å². The largest absolute Gasteiger partial charge is 0.328 e. The lowest BCUT2D eigenvalue weighted by molar-refractivity contribution is 0.568. The molecule has 0 saturated carbocycles. The maximum Gasteiger partial charge on any atom is 0.0210 e. The predicted molar refractivity (Wildman–Crippen MR) is 74.8 cm³/mol. The Bertz CT molecular complexity index is 334. The van der Waals surface area contributed by atoms with E-state index in [1.807, 2.05) is 0 Å². The Morgan fingerprint density at radius 1 is 1.25 bits per heavy atom. The second-order valence-electron chi connectivity index (χ2n) is 4.66. The quantitative estimate of drug-likeness (QED) is 0.859. The van der Waals surface area contributed by atoms with Gasteiger partial charge >= 0.3 is 0 Å². The van der Waals surface area contributed by atoms with Crippen molar-refractivity contribution in [2.45, 2.75) is 52.0 Å². The molecule has 90 valence electrons. The summed E-state index contributed by atoms with van der Waals surface area (Å²) >= 11 is 3.63. The molecule has 16 heavy (non-hydrogen) atoms. The molecule has 0 fully saturated rings.